The van der Waals surface area contributed by atoms with Crippen molar-refractivity contribution in [2.45, 2.75) is 32.9 Å². The van der Waals surface area contributed by atoms with Gasteiger partial charge in [0.25, 0.3) is 0 Å². The van der Waals surface area contributed by atoms with Crippen molar-refractivity contribution in [3.63, 3.8) is 0 Å². The van der Waals surface area contributed by atoms with Crippen LogP contribution in [0.4, 0.5) is 0 Å². The Hall–Kier alpha value is -0.930. The van der Waals surface area contributed by atoms with Crippen LogP contribution in [0, 0.1) is 5.92 Å². The van der Waals surface area contributed by atoms with E-state index >= 15 is 0 Å². The van der Waals surface area contributed by atoms with Gasteiger partial charge >= 0.3 is 0 Å². The molecule has 84 valence electrons. The third kappa shape index (κ3) is 4.91. The van der Waals surface area contributed by atoms with Gasteiger partial charge < -0.3 is 10.4 Å². The van der Waals surface area contributed by atoms with Crippen molar-refractivity contribution in [3.8, 4) is 0 Å². The first-order chi connectivity index (χ1) is 7.20. The molecule has 0 aliphatic rings. The quantitative estimate of drug-likeness (QED) is 0.698. The molecule has 0 bridgehead atoms. The zero-order chi connectivity index (χ0) is 11.1. The molecule has 0 amide bonds. The molecule has 1 atom stereocenters. The fourth-order valence-corrected chi connectivity index (χ4v) is 1.32. The summed E-state index contributed by atoms with van der Waals surface area (Å²) in [5, 5.41) is 12.9. The normalized spacial score (nSPS) is 13.1. The maximum absolute atomic E-state index is 9.57. The minimum atomic E-state index is -0.199. The van der Waals surface area contributed by atoms with Crippen LogP contribution in [-0.4, -0.2) is 22.7 Å². The molecule has 15 heavy (non-hydrogen) atoms. The highest BCUT2D eigenvalue weighted by Crippen LogP contribution is 2.04. The number of aliphatic hydroxyl groups is 1. The molecule has 0 radical (unpaired) electrons. The highest BCUT2D eigenvalue weighted by Gasteiger charge is 2.07. The first kappa shape index (κ1) is 12.1. The van der Waals surface area contributed by atoms with Crippen LogP contribution in [0.5, 0.6) is 0 Å². The number of hydrogen-bond donors (Lipinski definition) is 2. The van der Waals surface area contributed by atoms with E-state index in [-0.39, 0.29) is 6.10 Å². The van der Waals surface area contributed by atoms with Crippen LogP contribution in [-0.2, 0) is 6.54 Å². The smallest absolute Gasteiger partial charge is 0.0575 e. The van der Waals surface area contributed by atoms with Crippen molar-refractivity contribution in [1.29, 1.82) is 0 Å². The van der Waals surface area contributed by atoms with Crippen LogP contribution in [0.25, 0.3) is 0 Å². The zero-order valence-electron chi connectivity index (χ0n) is 9.48. The first-order valence-electron chi connectivity index (χ1n) is 5.48. The molecule has 0 saturated carbocycles. The molecular formula is C12H20N2O. The standard InChI is InChI=1S/C12H20N2O/c1-10(2)12(15)5-8-14-9-11-3-6-13-7-4-11/h3-4,6-7,10,12,14-15H,5,8-9H2,1-2H3. The van der Waals surface area contributed by atoms with E-state index in [9.17, 15) is 5.11 Å². The molecule has 3 nitrogen and oxygen atoms in total. The van der Waals surface area contributed by atoms with Gasteiger partial charge in [0.15, 0.2) is 0 Å². The van der Waals surface area contributed by atoms with Crippen molar-refractivity contribution in [2.24, 2.45) is 5.92 Å². The summed E-state index contributed by atoms with van der Waals surface area (Å²) in [6.07, 6.45) is 4.19. The Morgan fingerprint density at radius 3 is 2.60 bits per heavy atom. The Balaban J connectivity index is 2.12. The van der Waals surface area contributed by atoms with Crippen LogP contribution < -0.4 is 5.32 Å². The fraction of sp³-hybridized carbons (Fsp3) is 0.583. The molecular weight excluding hydrogens is 188 g/mol. The summed E-state index contributed by atoms with van der Waals surface area (Å²) in [7, 11) is 0. The van der Waals surface area contributed by atoms with Crippen molar-refractivity contribution in [2.75, 3.05) is 6.54 Å². The summed E-state index contributed by atoms with van der Waals surface area (Å²) in [4.78, 5) is 3.96. The summed E-state index contributed by atoms with van der Waals surface area (Å²) in [5.41, 5.74) is 1.23. The maximum atomic E-state index is 9.57. The van der Waals surface area contributed by atoms with Gasteiger partial charge in [0.05, 0.1) is 6.10 Å². The number of pyridine rings is 1. The molecule has 1 rings (SSSR count). The number of nitrogens with zero attached hydrogens (tertiary/aromatic N) is 1. The lowest BCUT2D eigenvalue weighted by molar-refractivity contribution is 0.116. The maximum Gasteiger partial charge on any atom is 0.0575 e. The van der Waals surface area contributed by atoms with Gasteiger partial charge in [-0.25, -0.2) is 0 Å². The molecule has 0 fully saturated rings. The molecule has 0 aliphatic heterocycles. The van der Waals surface area contributed by atoms with Gasteiger partial charge in [0.1, 0.15) is 0 Å². The van der Waals surface area contributed by atoms with Crippen LogP contribution in [0.1, 0.15) is 25.8 Å². The lowest BCUT2D eigenvalue weighted by Gasteiger charge is -2.14. The number of aromatic nitrogens is 1. The highest BCUT2D eigenvalue weighted by molar-refractivity contribution is 5.08. The van der Waals surface area contributed by atoms with E-state index in [1.807, 2.05) is 26.0 Å². The minimum absolute atomic E-state index is 0.199. The van der Waals surface area contributed by atoms with Crippen LogP contribution in [0.3, 0.4) is 0 Å². The molecule has 1 unspecified atom stereocenters. The van der Waals surface area contributed by atoms with Crippen LogP contribution >= 0.6 is 0 Å². The molecule has 3 heteroatoms. The van der Waals surface area contributed by atoms with Gasteiger partial charge in [-0.05, 0) is 36.6 Å². The van der Waals surface area contributed by atoms with Gasteiger partial charge in [-0.1, -0.05) is 13.8 Å². The van der Waals surface area contributed by atoms with Gasteiger partial charge in [-0.15, -0.1) is 0 Å². The van der Waals surface area contributed by atoms with Gasteiger partial charge in [0, 0.05) is 18.9 Å². The minimum Gasteiger partial charge on any atom is -0.393 e. The van der Waals surface area contributed by atoms with Crippen molar-refractivity contribution in [3.05, 3.63) is 30.1 Å². The van der Waals surface area contributed by atoms with Gasteiger partial charge in [-0.3, -0.25) is 4.98 Å². The second-order valence-electron chi connectivity index (χ2n) is 4.13. The zero-order valence-corrected chi connectivity index (χ0v) is 9.48. The van der Waals surface area contributed by atoms with Crippen molar-refractivity contribution >= 4 is 0 Å². The average Bonchev–Trinajstić information content (AvgIpc) is 2.25. The lowest BCUT2D eigenvalue weighted by atomic mass is 10.0. The number of aliphatic hydroxyl groups excluding tert-OH is 1. The van der Waals surface area contributed by atoms with Crippen molar-refractivity contribution < 1.29 is 5.11 Å². The third-order valence-electron chi connectivity index (χ3n) is 2.46. The molecule has 0 saturated heterocycles. The monoisotopic (exact) mass is 208 g/mol. The van der Waals surface area contributed by atoms with Gasteiger partial charge in [0.2, 0.25) is 0 Å². The molecule has 1 aromatic rings. The molecule has 1 heterocycles. The largest absolute Gasteiger partial charge is 0.393 e. The average molecular weight is 208 g/mol. The topological polar surface area (TPSA) is 45.1 Å². The van der Waals surface area contributed by atoms with Gasteiger partial charge in [-0.2, -0.15) is 0 Å². The first-order valence-corrected chi connectivity index (χ1v) is 5.48. The van der Waals surface area contributed by atoms with E-state index in [0.717, 1.165) is 19.5 Å². The Labute approximate surface area is 91.5 Å². The third-order valence-corrected chi connectivity index (χ3v) is 2.46. The highest BCUT2D eigenvalue weighted by atomic mass is 16.3. The molecule has 0 aliphatic carbocycles. The Kier molecular flexibility index (Phi) is 5.29. The lowest BCUT2D eigenvalue weighted by Crippen LogP contribution is -2.23. The number of hydrogen-bond acceptors (Lipinski definition) is 3. The fourth-order valence-electron chi connectivity index (χ4n) is 1.32. The molecule has 1 aromatic heterocycles. The summed E-state index contributed by atoms with van der Waals surface area (Å²) in [6, 6.07) is 3.98. The summed E-state index contributed by atoms with van der Waals surface area (Å²) >= 11 is 0. The SMILES string of the molecule is CC(C)C(O)CCNCc1ccncc1. The summed E-state index contributed by atoms with van der Waals surface area (Å²) in [5.74, 6) is 0.340. The Morgan fingerprint density at radius 1 is 1.33 bits per heavy atom. The molecule has 0 spiro atoms. The number of rotatable bonds is 6. The van der Waals surface area contributed by atoms with E-state index in [4.69, 9.17) is 0 Å². The molecule has 2 N–H and O–H groups in total. The Bertz CT molecular complexity index is 262. The number of nitrogens with one attached hydrogen (secondary N) is 1. The summed E-state index contributed by atoms with van der Waals surface area (Å²) < 4.78 is 0. The van der Waals surface area contributed by atoms with E-state index in [1.165, 1.54) is 5.56 Å². The van der Waals surface area contributed by atoms with E-state index in [1.54, 1.807) is 12.4 Å². The van der Waals surface area contributed by atoms with Crippen molar-refractivity contribution in [1.82, 2.24) is 10.3 Å². The predicted octanol–water partition coefficient (Wildman–Crippen LogP) is 1.58. The van der Waals surface area contributed by atoms with E-state index < -0.39 is 0 Å². The van der Waals surface area contributed by atoms with Crippen LogP contribution in [0.2, 0.25) is 0 Å². The van der Waals surface area contributed by atoms with Crippen LogP contribution in [0.15, 0.2) is 24.5 Å². The Morgan fingerprint density at radius 2 is 2.00 bits per heavy atom. The second kappa shape index (κ2) is 6.53. The second-order valence-corrected chi connectivity index (χ2v) is 4.13. The molecule has 0 aromatic carbocycles. The predicted molar refractivity (Wildman–Crippen MR) is 61.4 cm³/mol. The summed E-state index contributed by atoms with van der Waals surface area (Å²) in [6.45, 7) is 5.76. The van der Waals surface area contributed by atoms with E-state index in [2.05, 4.69) is 10.3 Å². The van der Waals surface area contributed by atoms with E-state index in [0.29, 0.717) is 5.92 Å².